The van der Waals surface area contributed by atoms with Crippen LogP contribution in [0.25, 0.3) is 0 Å². The zero-order valence-corrected chi connectivity index (χ0v) is 12.7. The molecule has 2 rings (SSSR count). The predicted octanol–water partition coefficient (Wildman–Crippen LogP) is 3.69. The van der Waals surface area contributed by atoms with Gasteiger partial charge in [-0.3, -0.25) is 10.1 Å². The standard InChI is InChI=1S/C17H22N2O2/c1-12(2)14-6-8-15(9-7-14)19-17(20)11-18-13(3)16-5-4-10-21-16/h4-10,12-13,18H,11H2,1-3H3,(H,19,20)/t13-/m1/s1. The minimum atomic E-state index is -0.0642. The molecule has 4 heteroatoms. The molecule has 0 saturated carbocycles. The van der Waals surface area contributed by atoms with Crippen LogP contribution >= 0.6 is 0 Å². The molecule has 0 unspecified atom stereocenters. The lowest BCUT2D eigenvalue weighted by molar-refractivity contribution is -0.115. The highest BCUT2D eigenvalue weighted by Crippen LogP contribution is 2.17. The van der Waals surface area contributed by atoms with Crippen LogP contribution < -0.4 is 10.6 Å². The van der Waals surface area contributed by atoms with Crippen molar-refractivity contribution in [3.8, 4) is 0 Å². The van der Waals surface area contributed by atoms with Gasteiger partial charge in [-0.2, -0.15) is 0 Å². The maximum Gasteiger partial charge on any atom is 0.238 e. The molecule has 0 fully saturated rings. The lowest BCUT2D eigenvalue weighted by Crippen LogP contribution is -2.29. The number of amides is 1. The zero-order valence-electron chi connectivity index (χ0n) is 12.7. The number of carbonyl (C=O) groups is 1. The van der Waals surface area contributed by atoms with E-state index in [1.165, 1.54) is 5.56 Å². The van der Waals surface area contributed by atoms with Crippen LogP contribution in [0.15, 0.2) is 47.1 Å². The molecule has 0 spiro atoms. The average molecular weight is 286 g/mol. The van der Waals surface area contributed by atoms with Crippen LogP contribution in [-0.4, -0.2) is 12.5 Å². The van der Waals surface area contributed by atoms with E-state index < -0.39 is 0 Å². The first-order chi connectivity index (χ1) is 10.1. The van der Waals surface area contributed by atoms with Crippen molar-refractivity contribution in [1.82, 2.24) is 5.32 Å². The summed E-state index contributed by atoms with van der Waals surface area (Å²) in [6.45, 7) is 6.50. The summed E-state index contributed by atoms with van der Waals surface area (Å²) in [6.07, 6.45) is 1.63. The number of furan rings is 1. The highest BCUT2D eigenvalue weighted by molar-refractivity contribution is 5.92. The SMILES string of the molecule is CC(C)c1ccc(NC(=O)CN[C@H](C)c2ccco2)cc1. The van der Waals surface area contributed by atoms with Gasteiger partial charge in [0.05, 0.1) is 18.8 Å². The van der Waals surface area contributed by atoms with Crippen molar-refractivity contribution in [2.24, 2.45) is 0 Å². The molecular formula is C17H22N2O2. The van der Waals surface area contributed by atoms with Gasteiger partial charge >= 0.3 is 0 Å². The summed E-state index contributed by atoms with van der Waals surface area (Å²) >= 11 is 0. The van der Waals surface area contributed by atoms with Crippen molar-refractivity contribution in [3.05, 3.63) is 54.0 Å². The monoisotopic (exact) mass is 286 g/mol. The fourth-order valence-electron chi connectivity index (χ4n) is 2.04. The third kappa shape index (κ3) is 4.46. The fourth-order valence-corrected chi connectivity index (χ4v) is 2.04. The van der Waals surface area contributed by atoms with Crippen LogP contribution in [0.2, 0.25) is 0 Å². The van der Waals surface area contributed by atoms with Gasteiger partial charge in [0.15, 0.2) is 0 Å². The van der Waals surface area contributed by atoms with E-state index in [4.69, 9.17) is 4.42 Å². The summed E-state index contributed by atoms with van der Waals surface area (Å²) in [4.78, 5) is 11.9. The summed E-state index contributed by atoms with van der Waals surface area (Å²) < 4.78 is 5.29. The van der Waals surface area contributed by atoms with Crippen molar-refractivity contribution in [1.29, 1.82) is 0 Å². The van der Waals surface area contributed by atoms with Crippen molar-refractivity contribution in [3.63, 3.8) is 0 Å². The lowest BCUT2D eigenvalue weighted by atomic mass is 10.0. The second kappa shape index (κ2) is 7.09. The maximum atomic E-state index is 11.9. The van der Waals surface area contributed by atoms with E-state index in [2.05, 4.69) is 24.5 Å². The molecule has 1 amide bonds. The summed E-state index contributed by atoms with van der Waals surface area (Å²) in [6, 6.07) is 11.7. The van der Waals surface area contributed by atoms with Crippen molar-refractivity contribution < 1.29 is 9.21 Å². The summed E-state index contributed by atoms with van der Waals surface area (Å²) in [5.74, 6) is 1.25. The van der Waals surface area contributed by atoms with Crippen molar-refractivity contribution in [2.45, 2.75) is 32.7 Å². The summed E-state index contributed by atoms with van der Waals surface area (Å²) in [7, 11) is 0. The van der Waals surface area contributed by atoms with Gasteiger partial charge in [-0.1, -0.05) is 26.0 Å². The maximum absolute atomic E-state index is 11.9. The predicted molar refractivity (Wildman–Crippen MR) is 84.3 cm³/mol. The van der Waals surface area contributed by atoms with Crippen LogP contribution in [0, 0.1) is 0 Å². The topological polar surface area (TPSA) is 54.3 Å². The van der Waals surface area contributed by atoms with Gasteiger partial charge in [-0.15, -0.1) is 0 Å². The molecule has 0 radical (unpaired) electrons. The number of hydrogen-bond acceptors (Lipinski definition) is 3. The quantitative estimate of drug-likeness (QED) is 0.851. The van der Waals surface area contributed by atoms with Gasteiger partial charge in [0.1, 0.15) is 5.76 Å². The third-order valence-corrected chi connectivity index (χ3v) is 3.40. The van der Waals surface area contributed by atoms with Gasteiger partial charge in [0.2, 0.25) is 5.91 Å². The first-order valence-electron chi connectivity index (χ1n) is 7.23. The second-order valence-electron chi connectivity index (χ2n) is 5.44. The molecule has 1 aromatic carbocycles. The highest BCUT2D eigenvalue weighted by Gasteiger charge is 2.10. The number of rotatable bonds is 6. The molecule has 2 aromatic rings. The minimum absolute atomic E-state index is 0.00840. The van der Waals surface area contributed by atoms with Gasteiger partial charge < -0.3 is 9.73 Å². The van der Waals surface area contributed by atoms with Crippen molar-refractivity contribution in [2.75, 3.05) is 11.9 Å². The molecule has 112 valence electrons. The van der Waals surface area contributed by atoms with E-state index in [0.29, 0.717) is 5.92 Å². The molecule has 4 nitrogen and oxygen atoms in total. The smallest absolute Gasteiger partial charge is 0.238 e. The Morgan fingerprint density at radius 3 is 2.43 bits per heavy atom. The molecule has 1 atom stereocenters. The minimum Gasteiger partial charge on any atom is -0.468 e. The molecule has 0 bridgehead atoms. The first-order valence-corrected chi connectivity index (χ1v) is 7.23. The molecule has 1 heterocycles. The van der Waals surface area contributed by atoms with Gasteiger partial charge in [-0.05, 0) is 42.7 Å². The largest absolute Gasteiger partial charge is 0.468 e. The van der Waals surface area contributed by atoms with Crippen LogP contribution in [0.4, 0.5) is 5.69 Å². The van der Waals surface area contributed by atoms with Crippen LogP contribution in [0.3, 0.4) is 0 Å². The van der Waals surface area contributed by atoms with Gasteiger partial charge in [-0.25, -0.2) is 0 Å². The number of benzene rings is 1. The molecule has 0 aliphatic rings. The molecule has 2 N–H and O–H groups in total. The Balaban J connectivity index is 1.81. The van der Waals surface area contributed by atoms with E-state index in [-0.39, 0.29) is 18.5 Å². The Labute approximate surface area is 125 Å². The Bertz CT molecular complexity index is 559. The van der Waals surface area contributed by atoms with Crippen molar-refractivity contribution >= 4 is 11.6 Å². The number of carbonyl (C=O) groups excluding carboxylic acids is 1. The van der Waals surface area contributed by atoms with Crippen LogP contribution in [0.5, 0.6) is 0 Å². The normalized spacial score (nSPS) is 12.4. The highest BCUT2D eigenvalue weighted by atomic mass is 16.3. The molecule has 0 aliphatic heterocycles. The lowest BCUT2D eigenvalue weighted by Gasteiger charge is -2.12. The number of nitrogens with one attached hydrogen (secondary N) is 2. The Kier molecular flexibility index (Phi) is 5.17. The number of hydrogen-bond donors (Lipinski definition) is 2. The molecule has 0 saturated heterocycles. The van der Waals surface area contributed by atoms with Crippen LogP contribution in [-0.2, 0) is 4.79 Å². The zero-order chi connectivity index (χ0) is 15.2. The Morgan fingerprint density at radius 1 is 1.14 bits per heavy atom. The van der Waals surface area contributed by atoms with E-state index in [1.54, 1.807) is 6.26 Å². The average Bonchev–Trinajstić information content (AvgIpc) is 2.99. The third-order valence-electron chi connectivity index (χ3n) is 3.40. The number of anilines is 1. The first kappa shape index (κ1) is 15.3. The molecule has 21 heavy (non-hydrogen) atoms. The molecule has 1 aromatic heterocycles. The summed E-state index contributed by atoms with van der Waals surface area (Å²) in [5.41, 5.74) is 2.08. The van der Waals surface area contributed by atoms with E-state index in [1.807, 2.05) is 43.3 Å². The Morgan fingerprint density at radius 2 is 1.86 bits per heavy atom. The second-order valence-corrected chi connectivity index (χ2v) is 5.44. The molecule has 0 aliphatic carbocycles. The molecular weight excluding hydrogens is 264 g/mol. The van der Waals surface area contributed by atoms with Gasteiger partial charge in [0, 0.05) is 5.69 Å². The van der Waals surface area contributed by atoms with E-state index >= 15 is 0 Å². The Hall–Kier alpha value is -2.07. The fraction of sp³-hybridized carbons (Fsp3) is 0.353. The van der Waals surface area contributed by atoms with Crippen LogP contribution in [0.1, 0.15) is 44.1 Å². The summed E-state index contributed by atoms with van der Waals surface area (Å²) in [5, 5.41) is 6.01. The van der Waals surface area contributed by atoms with E-state index in [0.717, 1.165) is 11.4 Å². The van der Waals surface area contributed by atoms with E-state index in [9.17, 15) is 4.79 Å². The van der Waals surface area contributed by atoms with Gasteiger partial charge in [0.25, 0.3) is 0 Å².